The summed E-state index contributed by atoms with van der Waals surface area (Å²) in [6.07, 6.45) is 3.03. The van der Waals surface area contributed by atoms with Crippen LogP contribution in [-0.2, 0) is 14.8 Å². The van der Waals surface area contributed by atoms with Gasteiger partial charge in [0.1, 0.15) is 0 Å². The van der Waals surface area contributed by atoms with Gasteiger partial charge >= 0.3 is 0 Å². The van der Waals surface area contributed by atoms with Crippen LogP contribution in [0.5, 0.6) is 0 Å². The summed E-state index contributed by atoms with van der Waals surface area (Å²) in [7, 11) is -1.99. The van der Waals surface area contributed by atoms with E-state index in [4.69, 9.17) is 10.5 Å². The SMILES string of the molecule is COC1CCN(S(=O)(=O)c2ccc(C)c3ncccc23)C(CN)C1.Cl. The van der Waals surface area contributed by atoms with Gasteiger partial charge in [0.05, 0.1) is 16.5 Å². The Morgan fingerprint density at radius 1 is 1.36 bits per heavy atom. The van der Waals surface area contributed by atoms with Gasteiger partial charge in [0.15, 0.2) is 0 Å². The van der Waals surface area contributed by atoms with Gasteiger partial charge in [-0.1, -0.05) is 6.07 Å². The Kier molecular flexibility index (Phi) is 6.40. The molecule has 25 heavy (non-hydrogen) atoms. The fraction of sp³-hybridized carbons (Fsp3) is 0.471. The highest BCUT2D eigenvalue weighted by Gasteiger charge is 2.37. The predicted molar refractivity (Wildman–Crippen MR) is 100 cm³/mol. The number of pyridine rings is 1. The number of methoxy groups -OCH3 is 1. The zero-order chi connectivity index (χ0) is 17.3. The number of nitrogens with zero attached hydrogens (tertiary/aromatic N) is 2. The summed E-state index contributed by atoms with van der Waals surface area (Å²) >= 11 is 0. The molecule has 2 heterocycles. The lowest BCUT2D eigenvalue weighted by atomic mass is 10.0. The number of ether oxygens (including phenoxy) is 1. The smallest absolute Gasteiger partial charge is 0.244 e. The van der Waals surface area contributed by atoms with E-state index in [-0.39, 0.29) is 31.1 Å². The van der Waals surface area contributed by atoms with Crippen LogP contribution < -0.4 is 5.73 Å². The van der Waals surface area contributed by atoms with Gasteiger partial charge in [-0.2, -0.15) is 4.31 Å². The summed E-state index contributed by atoms with van der Waals surface area (Å²) < 4.78 is 33.5. The lowest BCUT2D eigenvalue weighted by molar-refractivity contribution is 0.0402. The van der Waals surface area contributed by atoms with Crippen LogP contribution in [0.2, 0.25) is 0 Å². The number of aromatic nitrogens is 1. The second-order valence-electron chi connectivity index (χ2n) is 6.17. The normalized spacial score (nSPS) is 21.9. The van der Waals surface area contributed by atoms with Crippen LogP contribution in [0.4, 0.5) is 0 Å². The van der Waals surface area contributed by atoms with Crippen molar-refractivity contribution in [2.45, 2.75) is 36.8 Å². The zero-order valence-electron chi connectivity index (χ0n) is 14.4. The Balaban J connectivity index is 0.00000225. The number of hydrogen-bond donors (Lipinski definition) is 1. The van der Waals surface area contributed by atoms with Crippen molar-refractivity contribution >= 4 is 33.3 Å². The number of sulfonamides is 1. The molecule has 0 amide bonds. The molecule has 138 valence electrons. The Bertz CT molecular complexity index is 844. The molecule has 0 radical (unpaired) electrons. The van der Waals surface area contributed by atoms with E-state index in [1.54, 1.807) is 25.4 Å². The number of rotatable bonds is 4. The van der Waals surface area contributed by atoms with Crippen molar-refractivity contribution in [3.05, 3.63) is 36.0 Å². The van der Waals surface area contributed by atoms with Crippen LogP contribution in [0, 0.1) is 6.92 Å². The lowest BCUT2D eigenvalue weighted by Gasteiger charge is -2.37. The summed E-state index contributed by atoms with van der Waals surface area (Å²) in [5.41, 5.74) is 7.52. The first-order valence-corrected chi connectivity index (χ1v) is 9.52. The number of benzene rings is 1. The number of nitrogens with two attached hydrogens (primary N) is 1. The predicted octanol–water partition coefficient (Wildman–Crippen LogP) is 2.09. The quantitative estimate of drug-likeness (QED) is 0.870. The molecule has 2 N–H and O–H groups in total. The van der Waals surface area contributed by atoms with E-state index in [2.05, 4.69) is 4.98 Å². The zero-order valence-corrected chi connectivity index (χ0v) is 16.0. The van der Waals surface area contributed by atoms with E-state index in [0.717, 1.165) is 11.1 Å². The molecule has 2 unspecified atom stereocenters. The summed E-state index contributed by atoms with van der Waals surface area (Å²) in [5.74, 6) is 0. The van der Waals surface area contributed by atoms with Gasteiger partial charge in [-0.25, -0.2) is 8.42 Å². The van der Waals surface area contributed by atoms with E-state index < -0.39 is 10.0 Å². The minimum atomic E-state index is -3.64. The van der Waals surface area contributed by atoms with E-state index in [1.807, 2.05) is 19.1 Å². The van der Waals surface area contributed by atoms with Crippen molar-refractivity contribution in [1.82, 2.24) is 9.29 Å². The molecule has 3 rings (SSSR count). The molecule has 6 nitrogen and oxygen atoms in total. The number of aryl methyl sites for hydroxylation is 1. The van der Waals surface area contributed by atoms with Crippen LogP contribution in [-0.4, -0.2) is 50.1 Å². The number of piperidine rings is 1. The van der Waals surface area contributed by atoms with Crippen molar-refractivity contribution in [1.29, 1.82) is 0 Å². The summed E-state index contributed by atoms with van der Waals surface area (Å²) in [6.45, 7) is 2.62. The maximum atomic E-state index is 13.3. The lowest BCUT2D eigenvalue weighted by Crippen LogP contribution is -2.51. The molecule has 1 aliphatic heterocycles. The molecule has 0 saturated carbocycles. The molecule has 1 aliphatic rings. The van der Waals surface area contributed by atoms with Gasteiger partial charge < -0.3 is 10.5 Å². The molecule has 2 atom stereocenters. The van der Waals surface area contributed by atoms with Crippen LogP contribution in [0.3, 0.4) is 0 Å². The van der Waals surface area contributed by atoms with Gasteiger partial charge in [0, 0.05) is 37.8 Å². The highest BCUT2D eigenvalue weighted by atomic mass is 35.5. The fourth-order valence-electron chi connectivity index (χ4n) is 3.38. The third-order valence-electron chi connectivity index (χ3n) is 4.74. The molecule has 0 bridgehead atoms. The van der Waals surface area contributed by atoms with E-state index in [0.29, 0.717) is 29.7 Å². The maximum Gasteiger partial charge on any atom is 0.244 e. The van der Waals surface area contributed by atoms with Crippen LogP contribution in [0.25, 0.3) is 10.9 Å². The summed E-state index contributed by atoms with van der Waals surface area (Å²) in [4.78, 5) is 4.63. The Morgan fingerprint density at radius 2 is 2.12 bits per heavy atom. The molecule has 0 spiro atoms. The third-order valence-corrected chi connectivity index (χ3v) is 6.75. The molecule has 1 aromatic heterocycles. The van der Waals surface area contributed by atoms with Crippen LogP contribution in [0.1, 0.15) is 18.4 Å². The van der Waals surface area contributed by atoms with E-state index >= 15 is 0 Å². The molecule has 0 aliphatic carbocycles. The molecular weight excluding hydrogens is 362 g/mol. The minimum Gasteiger partial charge on any atom is -0.381 e. The molecule has 1 saturated heterocycles. The summed E-state index contributed by atoms with van der Waals surface area (Å²) in [6, 6.07) is 6.80. The first kappa shape index (κ1) is 20.1. The van der Waals surface area contributed by atoms with E-state index in [1.165, 1.54) is 4.31 Å². The molecule has 8 heteroatoms. The highest BCUT2D eigenvalue weighted by molar-refractivity contribution is 7.89. The topological polar surface area (TPSA) is 85.5 Å². The first-order chi connectivity index (χ1) is 11.5. The number of fused-ring (bicyclic) bond motifs is 1. The second kappa shape index (κ2) is 7.97. The Morgan fingerprint density at radius 3 is 2.80 bits per heavy atom. The van der Waals surface area contributed by atoms with Crippen LogP contribution in [0.15, 0.2) is 35.4 Å². The van der Waals surface area contributed by atoms with Gasteiger partial charge in [-0.3, -0.25) is 4.98 Å². The van der Waals surface area contributed by atoms with Crippen molar-refractivity contribution in [3.63, 3.8) is 0 Å². The molecular formula is C17H24ClN3O3S. The maximum absolute atomic E-state index is 13.3. The standard InChI is InChI=1S/C17H23N3O3S.ClH/c1-12-5-6-16(15-4-3-8-19-17(12)15)24(21,22)20-9-7-14(23-2)10-13(20)11-18;/h3-6,8,13-14H,7,9-11,18H2,1-2H3;1H. The number of hydrogen-bond acceptors (Lipinski definition) is 5. The second-order valence-corrected chi connectivity index (χ2v) is 8.03. The average Bonchev–Trinajstić information content (AvgIpc) is 2.61. The largest absolute Gasteiger partial charge is 0.381 e. The average molecular weight is 386 g/mol. The first-order valence-electron chi connectivity index (χ1n) is 8.08. The van der Waals surface area contributed by atoms with Crippen molar-refractivity contribution < 1.29 is 13.2 Å². The Labute approximate surface area is 154 Å². The fourth-order valence-corrected chi connectivity index (χ4v) is 5.22. The van der Waals surface area contributed by atoms with Gasteiger partial charge in [0.25, 0.3) is 0 Å². The Hall–Kier alpha value is -1.25. The van der Waals surface area contributed by atoms with E-state index in [9.17, 15) is 8.42 Å². The monoisotopic (exact) mass is 385 g/mol. The van der Waals surface area contributed by atoms with Gasteiger partial charge in [-0.05, 0) is 43.5 Å². The third kappa shape index (κ3) is 3.66. The van der Waals surface area contributed by atoms with Gasteiger partial charge in [-0.15, -0.1) is 12.4 Å². The van der Waals surface area contributed by atoms with Crippen LogP contribution >= 0.6 is 12.4 Å². The highest BCUT2D eigenvalue weighted by Crippen LogP contribution is 2.31. The van der Waals surface area contributed by atoms with Gasteiger partial charge in [0.2, 0.25) is 10.0 Å². The van der Waals surface area contributed by atoms with Crippen molar-refractivity contribution in [2.24, 2.45) is 5.73 Å². The number of halogens is 1. The van der Waals surface area contributed by atoms with Crippen molar-refractivity contribution in [3.8, 4) is 0 Å². The van der Waals surface area contributed by atoms with Crippen molar-refractivity contribution in [2.75, 3.05) is 20.2 Å². The molecule has 1 aromatic carbocycles. The molecule has 2 aromatic rings. The minimum absolute atomic E-state index is 0. The summed E-state index contributed by atoms with van der Waals surface area (Å²) in [5, 5.41) is 0.655. The molecule has 1 fully saturated rings.